The van der Waals surface area contributed by atoms with Crippen molar-refractivity contribution < 1.29 is 4.42 Å². The van der Waals surface area contributed by atoms with Crippen molar-refractivity contribution in [3.05, 3.63) is 47.7 Å². The molecule has 0 aliphatic carbocycles. The first-order valence-corrected chi connectivity index (χ1v) is 6.24. The first-order chi connectivity index (χ1) is 8.66. The molecule has 0 radical (unpaired) electrons. The van der Waals surface area contributed by atoms with Gasteiger partial charge in [-0.15, -0.1) is 10.2 Å². The summed E-state index contributed by atoms with van der Waals surface area (Å²) in [4.78, 5) is 0. The van der Waals surface area contributed by atoms with Crippen molar-refractivity contribution in [1.82, 2.24) is 15.5 Å². The molecule has 18 heavy (non-hydrogen) atoms. The fraction of sp³-hybridized carbons (Fsp3) is 0.429. The van der Waals surface area contributed by atoms with Crippen LogP contribution in [0.1, 0.15) is 37.2 Å². The van der Waals surface area contributed by atoms with Crippen molar-refractivity contribution >= 4 is 0 Å². The lowest BCUT2D eigenvalue weighted by Gasteiger charge is -2.22. The molecule has 0 bridgehead atoms. The SMILES string of the molecule is Cc1nnc(CNC(c2ccccc2)C(C)C)o1. The van der Waals surface area contributed by atoms with Gasteiger partial charge in [-0.2, -0.15) is 0 Å². The normalized spacial score (nSPS) is 12.9. The molecule has 2 rings (SSSR count). The summed E-state index contributed by atoms with van der Waals surface area (Å²) in [5.41, 5.74) is 1.28. The van der Waals surface area contributed by atoms with Crippen molar-refractivity contribution in [2.24, 2.45) is 5.92 Å². The molecule has 1 aromatic carbocycles. The highest BCUT2D eigenvalue weighted by atomic mass is 16.4. The van der Waals surface area contributed by atoms with Crippen LogP contribution in [0.15, 0.2) is 34.7 Å². The standard InChI is InChI=1S/C14H19N3O/c1-10(2)14(12-7-5-4-6-8-12)15-9-13-17-16-11(3)18-13/h4-8,10,14-15H,9H2,1-3H3. The zero-order valence-corrected chi connectivity index (χ0v) is 11.1. The second-order valence-electron chi connectivity index (χ2n) is 4.73. The Bertz CT molecular complexity index is 479. The van der Waals surface area contributed by atoms with Crippen molar-refractivity contribution in [3.8, 4) is 0 Å². The van der Waals surface area contributed by atoms with Crippen LogP contribution in [-0.2, 0) is 6.54 Å². The van der Waals surface area contributed by atoms with E-state index in [-0.39, 0.29) is 0 Å². The molecule has 2 aromatic rings. The number of hydrogen-bond donors (Lipinski definition) is 1. The monoisotopic (exact) mass is 245 g/mol. The molecule has 1 aromatic heterocycles. The third-order valence-electron chi connectivity index (χ3n) is 2.87. The summed E-state index contributed by atoms with van der Waals surface area (Å²) in [6.07, 6.45) is 0. The van der Waals surface area contributed by atoms with E-state index in [1.807, 2.05) is 6.07 Å². The van der Waals surface area contributed by atoms with Crippen LogP contribution in [0.25, 0.3) is 0 Å². The van der Waals surface area contributed by atoms with E-state index in [2.05, 4.69) is 53.6 Å². The zero-order valence-electron chi connectivity index (χ0n) is 11.1. The first kappa shape index (κ1) is 12.8. The average Bonchev–Trinajstić information content (AvgIpc) is 2.76. The summed E-state index contributed by atoms with van der Waals surface area (Å²) in [6, 6.07) is 10.7. The van der Waals surface area contributed by atoms with Gasteiger partial charge in [0.05, 0.1) is 6.54 Å². The maximum absolute atomic E-state index is 5.36. The summed E-state index contributed by atoms with van der Waals surface area (Å²) in [6.45, 7) is 6.79. The predicted molar refractivity (Wildman–Crippen MR) is 69.9 cm³/mol. The van der Waals surface area contributed by atoms with Crippen LogP contribution in [0.4, 0.5) is 0 Å². The number of aromatic nitrogens is 2. The highest BCUT2D eigenvalue weighted by Crippen LogP contribution is 2.21. The molecule has 0 aliphatic rings. The maximum Gasteiger partial charge on any atom is 0.230 e. The highest BCUT2D eigenvalue weighted by molar-refractivity contribution is 5.19. The number of nitrogens with zero attached hydrogens (tertiary/aromatic N) is 2. The molecule has 0 amide bonds. The summed E-state index contributed by atoms with van der Waals surface area (Å²) in [7, 11) is 0. The Balaban J connectivity index is 2.03. The molecule has 1 unspecified atom stereocenters. The summed E-state index contributed by atoms with van der Waals surface area (Å²) < 4.78 is 5.36. The van der Waals surface area contributed by atoms with E-state index >= 15 is 0 Å². The lowest BCUT2D eigenvalue weighted by Crippen LogP contribution is -2.25. The molecule has 0 aliphatic heterocycles. The van der Waals surface area contributed by atoms with Crippen LogP contribution in [0.5, 0.6) is 0 Å². The van der Waals surface area contributed by atoms with Gasteiger partial charge in [-0.25, -0.2) is 0 Å². The molecular weight excluding hydrogens is 226 g/mol. The molecular formula is C14H19N3O. The zero-order chi connectivity index (χ0) is 13.0. The largest absolute Gasteiger partial charge is 0.424 e. The van der Waals surface area contributed by atoms with Crippen LogP contribution in [0.2, 0.25) is 0 Å². The number of hydrogen-bond acceptors (Lipinski definition) is 4. The van der Waals surface area contributed by atoms with Gasteiger partial charge in [0.1, 0.15) is 0 Å². The quantitative estimate of drug-likeness (QED) is 0.880. The first-order valence-electron chi connectivity index (χ1n) is 6.24. The second kappa shape index (κ2) is 5.78. The average molecular weight is 245 g/mol. The number of nitrogens with one attached hydrogen (secondary N) is 1. The van der Waals surface area contributed by atoms with Crippen LogP contribution >= 0.6 is 0 Å². The van der Waals surface area contributed by atoms with Gasteiger partial charge in [-0.05, 0) is 11.5 Å². The van der Waals surface area contributed by atoms with Crippen LogP contribution < -0.4 is 5.32 Å². The molecule has 0 fully saturated rings. The Labute approximate surface area is 107 Å². The Morgan fingerprint density at radius 3 is 2.44 bits per heavy atom. The van der Waals surface area contributed by atoms with Crippen LogP contribution in [-0.4, -0.2) is 10.2 Å². The van der Waals surface area contributed by atoms with Gasteiger partial charge in [-0.1, -0.05) is 44.2 Å². The molecule has 1 heterocycles. The van der Waals surface area contributed by atoms with E-state index in [0.717, 1.165) is 0 Å². The van der Waals surface area contributed by atoms with Gasteiger partial charge in [-0.3, -0.25) is 0 Å². The van der Waals surface area contributed by atoms with Crippen molar-refractivity contribution in [3.63, 3.8) is 0 Å². The van der Waals surface area contributed by atoms with Crippen LogP contribution in [0.3, 0.4) is 0 Å². The lowest BCUT2D eigenvalue weighted by atomic mass is 9.96. The minimum atomic E-state index is 0.290. The van der Waals surface area contributed by atoms with Crippen molar-refractivity contribution in [2.75, 3.05) is 0 Å². The summed E-state index contributed by atoms with van der Waals surface area (Å²) in [5, 5.41) is 11.3. The minimum Gasteiger partial charge on any atom is -0.424 e. The molecule has 4 nitrogen and oxygen atoms in total. The predicted octanol–water partition coefficient (Wildman–Crippen LogP) is 2.86. The van der Waals surface area contributed by atoms with Gasteiger partial charge in [0.25, 0.3) is 0 Å². The highest BCUT2D eigenvalue weighted by Gasteiger charge is 2.15. The van der Waals surface area contributed by atoms with E-state index in [1.165, 1.54) is 5.56 Å². The van der Waals surface area contributed by atoms with Gasteiger partial charge in [0.15, 0.2) is 0 Å². The van der Waals surface area contributed by atoms with Gasteiger partial charge < -0.3 is 9.73 Å². The van der Waals surface area contributed by atoms with E-state index in [4.69, 9.17) is 4.42 Å². The Kier molecular flexibility index (Phi) is 4.10. The molecule has 1 N–H and O–H groups in total. The van der Waals surface area contributed by atoms with E-state index in [1.54, 1.807) is 6.92 Å². The maximum atomic E-state index is 5.36. The molecule has 0 saturated heterocycles. The number of aryl methyl sites for hydroxylation is 1. The van der Waals surface area contributed by atoms with Gasteiger partial charge in [0.2, 0.25) is 11.8 Å². The molecule has 96 valence electrons. The minimum absolute atomic E-state index is 0.290. The smallest absolute Gasteiger partial charge is 0.230 e. The number of benzene rings is 1. The van der Waals surface area contributed by atoms with Crippen LogP contribution in [0, 0.1) is 12.8 Å². The second-order valence-corrected chi connectivity index (χ2v) is 4.73. The summed E-state index contributed by atoms with van der Waals surface area (Å²) in [5.74, 6) is 1.73. The third kappa shape index (κ3) is 3.17. The Hall–Kier alpha value is -1.68. The van der Waals surface area contributed by atoms with E-state index < -0.39 is 0 Å². The fourth-order valence-corrected chi connectivity index (χ4v) is 2.01. The van der Waals surface area contributed by atoms with Crippen molar-refractivity contribution in [2.45, 2.75) is 33.4 Å². The van der Waals surface area contributed by atoms with Gasteiger partial charge >= 0.3 is 0 Å². The fourth-order valence-electron chi connectivity index (χ4n) is 2.01. The van der Waals surface area contributed by atoms with E-state index in [9.17, 15) is 0 Å². The number of rotatable bonds is 5. The Morgan fingerprint density at radius 2 is 1.89 bits per heavy atom. The van der Waals surface area contributed by atoms with Gasteiger partial charge in [0, 0.05) is 13.0 Å². The van der Waals surface area contributed by atoms with Crippen molar-refractivity contribution in [1.29, 1.82) is 0 Å². The molecule has 0 spiro atoms. The summed E-state index contributed by atoms with van der Waals surface area (Å²) >= 11 is 0. The third-order valence-corrected chi connectivity index (χ3v) is 2.87. The molecule has 0 saturated carbocycles. The van der Waals surface area contributed by atoms with E-state index in [0.29, 0.717) is 30.3 Å². The molecule has 4 heteroatoms. The topological polar surface area (TPSA) is 51.0 Å². The lowest BCUT2D eigenvalue weighted by molar-refractivity contribution is 0.373. The Morgan fingerprint density at radius 1 is 1.17 bits per heavy atom. The molecule has 1 atom stereocenters.